The molecule has 1 atom stereocenters. The van der Waals surface area contributed by atoms with Gasteiger partial charge in [-0.25, -0.2) is 17.2 Å². The van der Waals surface area contributed by atoms with Gasteiger partial charge in [-0.05, 0) is 18.6 Å². The first kappa shape index (κ1) is 17.8. The van der Waals surface area contributed by atoms with Gasteiger partial charge >= 0.3 is 0 Å². The second-order valence-corrected chi connectivity index (χ2v) is 7.41. The fourth-order valence-electron chi connectivity index (χ4n) is 2.69. The van der Waals surface area contributed by atoms with Crippen molar-refractivity contribution >= 4 is 15.9 Å². The van der Waals surface area contributed by atoms with Crippen LogP contribution in [-0.4, -0.2) is 49.7 Å². The number of likely N-dealkylation sites (N-methyl/N-ethyl adjacent to an activating group) is 1. The molecule has 23 heavy (non-hydrogen) atoms. The molecule has 1 unspecified atom stereocenters. The summed E-state index contributed by atoms with van der Waals surface area (Å²) in [5.41, 5.74) is 0. The lowest BCUT2D eigenvalue weighted by molar-refractivity contribution is -0.137. The molecular formula is C15H20F2N2O3S. The fourth-order valence-corrected chi connectivity index (χ4v) is 4.41. The molecule has 1 aromatic rings. The molecule has 1 heterocycles. The zero-order valence-corrected chi connectivity index (χ0v) is 13.9. The summed E-state index contributed by atoms with van der Waals surface area (Å²) in [4.78, 5) is 12.8. The largest absolute Gasteiger partial charge is 0.343 e. The van der Waals surface area contributed by atoms with Crippen LogP contribution in [0.15, 0.2) is 23.1 Å². The van der Waals surface area contributed by atoms with E-state index >= 15 is 0 Å². The van der Waals surface area contributed by atoms with Gasteiger partial charge in [0.1, 0.15) is 17.7 Å². The van der Waals surface area contributed by atoms with Gasteiger partial charge in [-0.1, -0.05) is 25.8 Å². The highest BCUT2D eigenvalue weighted by Gasteiger charge is 2.42. The number of carbonyl (C=O) groups is 1. The predicted molar refractivity (Wildman–Crippen MR) is 81.2 cm³/mol. The highest BCUT2D eigenvalue weighted by atomic mass is 32.2. The Kier molecular flexibility index (Phi) is 5.36. The van der Waals surface area contributed by atoms with E-state index in [1.165, 1.54) is 4.90 Å². The molecule has 0 aromatic heterocycles. The van der Waals surface area contributed by atoms with E-state index in [-0.39, 0.29) is 19.0 Å². The molecule has 0 spiro atoms. The quantitative estimate of drug-likeness (QED) is 0.819. The number of hydrogen-bond donors (Lipinski definition) is 0. The predicted octanol–water partition coefficient (Wildman–Crippen LogP) is 1.99. The van der Waals surface area contributed by atoms with E-state index in [0.717, 1.165) is 28.9 Å². The number of halogens is 2. The van der Waals surface area contributed by atoms with Crippen LogP contribution in [0.2, 0.25) is 0 Å². The third kappa shape index (κ3) is 3.37. The van der Waals surface area contributed by atoms with Crippen LogP contribution in [0.3, 0.4) is 0 Å². The van der Waals surface area contributed by atoms with E-state index < -0.39 is 32.6 Å². The van der Waals surface area contributed by atoms with Crippen molar-refractivity contribution < 1.29 is 22.0 Å². The Morgan fingerprint density at radius 1 is 1.22 bits per heavy atom. The van der Waals surface area contributed by atoms with Crippen LogP contribution >= 0.6 is 0 Å². The summed E-state index contributed by atoms with van der Waals surface area (Å²) in [6, 6.07) is 1.98. The topological polar surface area (TPSA) is 57.7 Å². The number of rotatable bonds is 5. The molecule has 1 aliphatic rings. The lowest BCUT2D eigenvalue weighted by atomic mass is 10.1. The molecule has 0 saturated carbocycles. The number of benzene rings is 1. The van der Waals surface area contributed by atoms with Crippen molar-refractivity contribution in [3.63, 3.8) is 0 Å². The normalized spacial score (nSPS) is 20.1. The van der Waals surface area contributed by atoms with E-state index in [9.17, 15) is 22.0 Å². The van der Waals surface area contributed by atoms with E-state index in [1.807, 2.05) is 6.92 Å². The Bertz CT molecular complexity index is 674. The molecule has 1 aliphatic heterocycles. The van der Waals surface area contributed by atoms with E-state index in [1.54, 1.807) is 7.05 Å². The van der Waals surface area contributed by atoms with E-state index in [0.29, 0.717) is 12.8 Å². The first-order chi connectivity index (χ1) is 10.8. The molecule has 8 heteroatoms. The van der Waals surface area contributed by atoms with Gasteiger partial charge in [0.25, 0.3) is 0 Å². The van der Waals surface area contributed by atoms with Gasteiger partial charge < -0.3 is 4.90 Å². The number of sulfonamides is 1. The summed E-state index contributed by atoms with van der Waals surface area (Å²) in [5.74, 6) is -2.64. The lowest BCUT2D eigenvalue weighted by Gasteiger charge is -2.38. The average Bonchev–Trinajstić information content (AvgIpc) is 2.48. The highest BCUT2D eigenvalue weighted by Crippen LogP contribution is 2.28. The smallest absolute Gasteiger partial charge is 0.249 e. The summed E-state index contributed by atoms with van der Waals surface area (Å²) in [6.45, 7) is 2.13. The number of unbranched alkanes of at least 4 members (excludes halogenated alkanes) is 1. The van der Waals surface area contributed by atoms with Crippen molar-refractivity contribution in [2.24, 2.45) is 0 Å². The highest BCUT2D eigenvalue weighted by molar-refractivity contribution is 7.89. The van der Waals surface area contributed by atoms with Crippen LogP contribution in [0.4, 0.5) is 8.78 Å². The molecule has 5 nitrogen and oxygen atoms in total. The molecule has 2 rings (SSSR count). The molecule has 0 N–H and O–H groups in total. The van der Waals surface area contributed by atoms with Gasteiger partial charge in [0.2, 0.25) is 15.9 Å². The second kappa shape index (κ2) is 6.92. The lowest BCUT2D eigenvalue weighted by Crippen LogP contribution is -2.57. The van der Waals surface area contributed by atoms with Crippen molar-refractivity contribution in [2.45, 2.75) is 37.1 Å². The van der Waals surface area contributed by atoms with Gasteiger partial charge in [0.05, 0.1) is 0 Å². The van der Waals surface area contributed by atoms with Crippen LogP contribution in [0.25, 0.3) is 0 Å². The van der Waals surface area contributed by atoms with Crippen LogP contribution in [0.1, 0.15) is 26.2 Å². The molecule has 1 amide bonds. The zero-order valence-electron chi connectivity index (χ0n) is 13.1. The fraction of sp³-hybridized carbons (Fsp3) is 0.533. The Morgan fingerprint density at radius 3 is 2.39 bits per heavy atom. The minimum absolute atomic E-state index is 0.0206. The van der Waals surface area contributed by atoms with Crippen LogP contribution in [0, 0.1) is 11.6 Å². The van der Waals surface area contributed by atoms with Crippen molar-refractivity contribution in [3.05, 3.63) is 29.8 Å². The third-order valence-corrected chi connectivity index (χ3v) is 5.94. The van der Waals surface area contributed by atoms with Crippen LogP contribution < -0.4 is 0 Å². The molecular weight excluding hydrogens is 326 g/mol. The van der Waals surface area contributed by atoms with Crippen LogP contribution in [0.5, 0.6) is 0 Å². The summed E-state index contributed by atoms with van der Waals surface area (Å²) < 4.78 is 54.2. The summed E-state index contributed by atoms with van der Waals surface area (Å²) >= 11 is 0. The minimum atomic E-state index is -4.42. The van der Waals surface area contributed by atoms with Crippen molar-refractivity contribution in [1.29, 1.82) is 0 Å². The van der Waals surface area contributed by atoms with Gasteiger partial charge in [-0.2, -0.15) is 4.31 Å². The molecule has 1 fully saturated rings. The Morgan fingerprint density at radius 2 is 1.83 bits per heavy atom. The number of hydrogen-bond acceptors (Lipinski definition) is 3. The summed E-state index contributed by atoms with van der Waals surface area (Å²) in [6.07, 6.45) is 1.76. The van der Waals surface area contributed by atoms with Gasteiger partial charge in [0.15, 0.2) is 4.90 Å². The molecule has 0 bridgehead atoms. The Hall–Kier alpha value is -1.54. The maximum Gasteiger partial charge on any atom is 0.249 e. The van der Waals surface area contributed by atoms with Crippen molar-refractivity contribution in [1.82, 2.24) is 9.21 Å². The van der Waals surface area contributed by atoms with E-state index in [4.69, 9.17) is 0 Å². The molecule has 128 valence electrons. The maximum absolute atomic E-state index is 13.9. The Labute approximate surface area is 134 Å². The first-order valence-electron chi connectivity index (χ1n) is 7.51. The van der Waals surface area contributed by atoms with Crippen molar-refractivity contribution in [3.8, 4) is 0 Å². The maximum atomic E-state index is 13.9. The third-order valence-electron chi connectivity index (χ3n) is 3.98. The van der Waals surface area contributed by atoms with Crippen LogP contribution in [-0.2, 0) is 14.8 Å². The van der Waals surface area contributed by atoms with Gasteiger partial charge in [-0.15, -0.1) is 0 Å². The molecule has 0 aliphatic carbocycles. The Balaban J connectivity index is 2.45. The minimum Gasteiger partial charge on any atom is -0.343 e. The average molecular weight is 346 g/mol. The van der Waals surface area contributed by atoms with E-state index in [2.05, 4.69) is 0 Å². The molecule has 0 radical (unpaired) electrons. The number of piperazine rings is 1. The molecule has 1 saturated heterocycles. The SMILES string of the molecule is CCCCC1C(=O)N(C)CCN1S(=O)(=O)c1c(F)cccc1F. The zero-order chi connectivity index (χ0) is 17.2. The summed E-state index contributed by atoms with van der Waals surface area (Å²) in [5, 5.41) is 0. The number of amides is 1. The number of carbonyl (C=O) groups excluding carboxylic acids is 1. The van der Waals surface area contributed by atoms with Gasteiger partial charge in [-0.3, -0.25) is 4.79 Å². The second-order valence-electron chi connectivity index (χ2n) is 5.58. The standard InChI is InChI=1S/C15H20F2N2O3S/c1-3-4-8-13-15(20)18(2)9-10-19(13)23(21,22)14-11(16)6-5-7-12(14)17/h5-7,13H,3-4,8-10H2,1-2H3. The summed E-state index contributed by atoms with van der Waals surface area (Å²) in [7, 11) is -2.83. The number of nitrogens with zero attached hydrogens (tertiary/aromatic N) is 2. The molecule has 1 aromatic carbocycles. The monoisotopic (exact) mass is 346 g/mol. The van der Waals surface area contributed by atoms with Crippen molar-refractivity contribution in [2.75, 3.05) is 20.1 Å². The van der Waals surface area contributed by atoms with Gasteiger partial charge in [0, 0.05) is 20.1 Å². The first-order valence-corrected chi connectivity index (χ1v) is 8.95.